The summed E-state index contributed by atoms with van der Waals surface area (Å²) in [5.74, 6) is -0.152. The van der Waals surface area contributed by atoms with E-state index in [9.17, 15) is 9.59 Å². The molecule has 2 rings (SSSR count). The summed E-state index contributed by atoms with van der Waals surface area (Å²) < 4.78 is 5.00. The molecule has 138 valence electrons. The Hall–Kier alpha value is -1.92. The van der Waals surface area contributed by atoms with Gasteiger partial charge in [0.1, 0.15) is 6.04 Å². The van der Waals surface area contributed by atoms with E-state index in [2.05, 4.69) is 16.0 Å². The van der Waals surface area contributed by atoms with Crippen LogP contribution in [0.4, 0.5) is 0 Å². The number of carbonyl (C=O) groups excluding carboxylic acids is 2. The van der Waals surface area contributed by atoms with Gasteiger partial charge < -0.3 is 20.7 Å². The summed E-state index contributed by atoms with van der Waals surface area (Å²) in [6.45, 7) is 4.85. The number of hydrogen-bond donors (Lipinski definition) is 3. The number of carbonyl (C=O) groups is 2. The Balaban J connectivity index is 2.02. The fourth-order valence-electron chi connectivity index (χ4n) is 3.12. The SMILES string of the molecule is COCCCNC(=O)C(NC(=O)c1cccc(C)c1)C1CCNCC1. The zero-order valence-electron chi connectivity index (χ0n) is 15.1. The minimum absolute atomic E-state index is 0.107. The van der Waals surface area contributed by atoms with Crippen molar-refractivity contribution >= 4 is 11.8 Å². The van der Waals surface area contributed by atoms with E-state index in [1.807, 2.05) is 25.1 Å². The van der Waals surface area contributed by atoms with Crippen LogP contribution in [-0.2, 0) is 9.53 Å². The molecule has 3 N–H and O–H groups in total. The van der Waals surface area contributed by atoms with Gasteiger partial charge in [0, 0.05) is 25.8 Å². The summed E-state index contributed by atoms with van der Waals surface area (Å²) in [5.41, 5.74) is 1.61. The van der Waals surface area contributed by atoms with Gasteiger partial charge in [0.25, 0.3) is 5.91 Å². The lowest BCUT2D eigenvalue weighted by molar-refractivity contribution is -0.124. The Morgan fingerprint density at radius 3 is 2.76 bits per heavy atom. The van der Waals surface area contributed by atoms with Crippen LogP contribution < -0.4 is 16.0 Å². The number of piperidine rings is 1. The van der Waals surface area contributed by atoms with Crippen LogP contribution in [0.5, 0.6) is 0 Å². The standard InChI is InChI=1S/C19H29N3O3/c1-14-5-3-6-16(13-14)18(23)22-17(15-7-10-20-11-8-15)19(24)21-9-4-12-25-2/h3,5-6,13,15,17,20H,4,7-12H2,1-2H3,(H,21,24)(H,22,23). The van der Waals surface area contributed by atoms with E-state index in [1.165, 1.54) is 0 Å². The fraction of sp³-hybridized carbons (Fsp3) is 0.579. The average Bonchev–Trinajstić information content (AvgIpc) is 2.63. The van der Waals surface area contributed by atoms with Crippen LogP contribution in [0.15, 0.2) is 24.3 Å². The molecule has 1 unspecified atom stereocenters. The van der Waals surface area contributed by atoms with Crippen molar-refractivity contribution in [1.82, 2.24) is 16.0 Å². The van der Waals surface area contributed by atoms with Gasteiger partial charge in [-0.3, -0.25) is 9.59 Å². The number of nitrogens with one attached hydrogen (secondary N) is 3. The summed E-state index contributed by atoms with van der Waals surface area (Å²) in [4.78, 5) is 25.3. The molecular weight excluding hydrogens is 318 g/mol. The van der Waals surface area contributed by atoms with Crippen molar-refractivity contribution in [3.05, 3.63) is 35.4 Å². The molecule has 6 heteroatoms. The molecular formula is C19H29N3O3. The van der Waals surface area contributed by atoms with Crippen molar-refractivity contribution in [2.75, 3.05) is 33.4 Å². The van der Waals surface area contributed by atoms with Crippen LogP contribution >= 0.6 is 0 Å². The summed E-state index contributed by atoms with van der Waals surface area (Å²) in [6, 6.07) is 6.92. The first kappa shape index (κ1) is 19.4. The molecule has 1 aliphatic heterocycles. The number of rotatable bonds is 8. The van der Waals surface area contributed by atoms with Crippen molar-refractivity contribution < 1.29 is 14.3 Å². The normalized spacial score (nSPS) is 16.2. The third-order valence-corrected chi connectivity index (χ3v) is 4.53. The molecule has 25 heavy (non-hydrogen) atoms. The molecule has 0 saturated carbocycles. The van der Waals surface area contributed by atoms with Gasteiger partial charge in [0.15, 0.2) is 0 Å². The third-order valence-electron chi connectivity index (χ3n) is 4.53. The van der Waals surface area contributed by atoms with E-state index >= 15 is 0 Å². The van der Waals surface area contributed by atoms with Gasteiger partial charge in [-0.25, -0.2) is 0 Å². The number of aryl methyl sites for hydroxylation is 1. The van der Waals surface area contributed by atoms with Crippen LogP contribution in [0.3, 0.4) is 0 Å². The van der Waals surface area contributed by atoms with Crippen molar-refractivity contribution in [1.29, 1.82) is 0 Å². The quantitative estimate of drug-likeness (QED) is 0.618. The molecule has 0 aromatic heterocycles. The van der Waals surface area contributed by atoms with Crippen molar-refractivity contribution in [3.8, 4) is 0 Å². The van der Waals surface area contributed by atoms with Crippen LogP contribution in [0.25, 0.3) is 0 Å². The number of methoxy groups -OCH3 is 1. The maximum Gasteiger partial charge on any atom is 0.251 e. The van der Waals surface area contributed by atoms with Gasteiger partial charge in [0.2, 0.25) is 5.91 Å². The molecule has 1 aromatic rings. The van der Waals surface area contributed by atoms with Gasteiger partial charge in [-0.05, 0) is 57.3 Å². The van der Waals surface area contributed by atoms with E-state index in [0.717, 1.165) is 37.9 Å². The summed E-state index contributed by atoms with van der Waals surface area (Å²) in [7, 11) is 1.64. The van der Waals surface area contributed by atoms with Gasteiger partial charge in [-0.2, -0.15) is 0 Å². The molecule has 1 saturated heterocycles. The van der Waals surface area contributed by atoms with E-state index in [-0.39, 0.29) is 17.7 Å². The molecule has 1 fully saturated rings. The zero-order valence-corrected chi connectivity index (χ0v) is 15.1. The van der Waals surface area contributed by atoms with E-state index in [1.54, 1.807) is 13.2 Å². The van der Waals surface area contributed by atoms with Crippen molar-refractivity contribution in [2.24, 2.45) is 5.92 Å². The number of hydrogen-bond acceptors (Lipinski definition) is 4. The Bertz CT molecular complexity index is 571. The monoisotopic (exact) mass is 347 g/mol. The lowest BCUT2D eigenvalue weighted by atomic mass is 9.89. The maximum absolute atomic E-state index is 12.7. The van der Waals surface area contributed by atoms with Crippen LogP contribution in [-0.4, -0.2) is 51.2 Å². The topological polar surface area (TPSA) is 79.5 Å². The second-order valence-corrected chi connectivity index (χ2v) is 6.55. The Kier molecular flexibility index (Phi) is 7.88. The molecule has 2 amide bonds. The Morgan fingerprint density at radius 2 is 2.08 bits per heavy atom. The van der Waals surface area contributed by atoms with Crippen LogP contribution in [0.1, 0.15) is 35.2 Å². The maximum atomic E-state index is 12.7. The predicted molar refractivity (Wildman–Crippen MR) is 97.5 cm³/mol. The number of ether oxygens (including phenoxy) is 1. The summed E-state index contributed by atoms with van der Waals surface area (Å²) in [5, 5.41) is 9.19. The van der Waals surface area contributed by atoms with Gasteiger partial charge in [-0.1, -0.05) is 17.7 Å². The van der Waals surface area contributed by atoms with E-state index in [0.29, 0.717) is 18.7 Å². The molecule has 0 aliphatic carbocycles. The third kappa shape index (κ3) is 6.14. The molecule has 1 heterocycles. The first-order valence-electron chi connectivity index (χ1n) is 8.96. The van der Waals surface area contributed by atoms with Crippen molar-refractivity contribution in [2.45, 2.75) is 32.2 Å². The molecule has 1 atom stereocenters. The summed E-state index contributed by atoms with van der Waals surface area (Å²) >= 11 is 0. The van der Waals surface area contributed by atoms with Gasteiger partial charge >= 0.3 is 0 Å². The average molecular weight is 347 g/mol. The number of benzene rings is 1. The predicted octanol–water partition coefficient (Wildman–Crippen LogP) is 1.25. The highest BCUT2D eigenvalue weighted by atomic mass is 16.5. The highest BCUT2D eigenvalue weighted by Crippen LogP contribution is 2.17. The lowest BCUT2D eigenvalue weighted by Crippen LogP contribution is -2.53. The van der Waals surface area contributed by atoms with E-state index < -0.39 is 6.04 Å². The molecule has 1 aromatic carbocycles. The summed E-state index contributed by atoms with van der Waals surface area (Å²) in [6.07, 6.45) is 2.52. The first-order chi connectivity index (χ1) is 12.1. The molecule has 0 radical (unpaired) electrons. The van der Waals surface area contributed by atoms with E-state index in [4.69, 9.17) is 4.74 Å². The molecule has 0 spiro atoms. The molecule has 6 nitrogen and oxygen atoms in total. The van der Waals surface area contributed by atoms with Gasteiger partial charge in [0.05, 0.1) is 0 Å². The minimum Gasteiger partial charge on any atom is -0.385 e. The van der Waals surface area contributed by atoms with Crippen molar-refractivity contribution in [3.63, 3.8) is 0 Å². The molecule has 1 aliphatic rings. The van der Waals surface area contributed by atoms with Gasteiger partial charge in [-0.15, -0.1) is 0 Å². The smallest absolute Gasteiger partial charge is 0.251 e. The Morgan fingerprint density at radius 1 is 1.32 bits per heavy atom. The largest absolute Gasteiger partial charge is 0.385 e. The highest BCUT2D eigenvalue weighted by molar-refractivity contribution is 5.97. The second-order valence-electron chi connectivity index (χ2n) is 6.55. The fourth-order valence-corrected chi connectivity index (χ4v) is 3.12. The zero-order chi connectivity index (χ0) is 18.1. The molecule has 0 bridgehead atoms. The minimum atomic E-state index is -0.502. The Labute approximate surface area is 149 Å². The van der Waals surface area contributed by atoms with Crippen LogP contribution in [0.2, 0.25) is 0 Å². The van der Waals surface area contributed by atoms with Crippen LogP contribution in [0, 0.1) is 12.8 Å². The lowest BCUT2D eigenvalue weighted by Gasteiger charge is -2.30. The highest BCUT2D eigenvalue weighted by Gasteiger charge is 2.30. The first-order valence-corrected chi connectivity index (χ1v) is 8.96. The number of amides is 2. The second kappa shape index (κ2) is 10.2.